The van der Waals surface area contributed by atoms with Crippen molar-refractivity contribution in [3.63, 3.8) is 0 Å². The van der Waals surface area contributed by atoms with Gasteiger partial charge in [0.25, 0.3) is 0 Å². The molecule has 0 spiro atoms. The van der Waals surface area contributed by atoms with Crippen LogP contribution in [0.15, 0.2) is 0 Å². The second-order valence-corrected chi connectivity index (χ2v) is 6.21. The zero-order valence-electron chi connectivity index (χ0n) is 10.2. The van der Waals surface area contributed by atoms with Crippen LogP contribution in [0.2, 0.25) is 0 Å². The summed E-state index contributed by atoms with van der Waals surface area (Å²) in [5, 5.41) is 9.21. The molecule has 0 heterocycles. The Balaban J connectivity index is 2.64. The lowest BCUT2D eigenvalue weighted by molar-refractivity contribution is -0.144. The summed E-state index contributed by atoms with van der Waals surface area (Å²) in [6.45, 7) is 0. The summed E-state index contributed by atoms with van der Waals surface area (Å²) in [5.41, 5.74) is 0. The molecule has 0 amide bonds. The van der Waals surface area contributed by atoms with Crippen molar-refractivity contribution in [3.05, 3.63) is 0 Å². The van der Waals surface area contributed by atoms with E-state index in [9.17, 15) is 14.7 Å². The molecule has 0 aromatic rings. The minimum absolute atomic E-state index is 0.162. The number of halogens is 1. The summed E-state index contributed by atoms with van der Waals surface area (Å²) in [6.07, 6.45) is 9.28. The van der Waals surface area contributed by atoms with E-state index in [2.05, 4.69) is 15.9 Å². The first-order chi connectivity index (χ1) is 8.07. The number of carbonyl (C=O) groups excluding carboxylic acids is 1. The molecule has 0 radical (unpaired) electrons. The average molecular weight is 305 g/mol. The van der Waals surface area contributed by atoms with Gasteiger partial charge in [0.05, 0.1) is 0 Å². The zero-order valence-corrected chi connectivity index (χ0v) is 11.8. The number of hydrogen-bond donors (Lipinski definition) is 1. The van der Waals surface area contributed by atoms with Crippen molar-refractivity contribution < 1.29 is 14.7 Å². The zero-order chi connectivity index (χ0) is 12.7. The molecule has 1 N–H and O–H groups in total. The van der Waals surface area contributed by atoms with Crippen LogP contribution in [-0.4, -0.2) is 21.2 Å². The fourth-order valence-corrected chi connectivity index (χ4v) is 2.76. The number of rotatable bonds is 1. The Bertz CT molecular complexity index is 278. The van der Waals surface area contributed by atoms with Crippen molar-refractivity contribution >= 4 is 27.7 Å². The molecule has 1 unspecified atom stereocenters. The molecule has 17 heavy (non-hydrogen) atoms. The Hall–Kier alpha value is -0.380. The summed E-state index contributed by atoms with van der Waals surface area (Å²) >= 11 is 3.17. The average Bonchev–Trinajstić information content (AvgIpc) is 2.28. The Morgan fingerprint density at radius 2 is 1.47 bits per heavy atom. The Labute approximate surface area is 111 Å². The van der Waals surface area contributed by atoms with Gasteiger partial charge in [-0.25, -0.2) is 0 Å². The van der Waals surface area contributed by atoms with Crippen molar-refractivity contribution in [2.24, 2.45) is 0 Å². The van der Waals surface area contributed by atoms with E-state index in [1.54, 1.807) is 0 Å². The minimum Gasteiger partial charge on any atom is -0.480 e. The highest BCUT2D eigenvalue weighted by atomic mass is 79.9. The van der Waals surface area contributed by atoms with Crippen LogP contribution in [0, 0.1) is 0 Å². The van der Waals surface area contributed by atoms with Gasteiger partial charge in [-0.3, -0.25) is 9.59 Å². The van der Waals surface area contributed by atoms with E-state index in [-0.39, 0.29) is 5.78 Å². The van der Waals surface area contributed by atoms with Crippen molar-refractivity contribution in [2.45, 2.75) is 68.5 Å². The molecule has 98 valence electrons. The fourth-order valence-electron chi connectivity index (χ4n) is 2.28. The third kappa shape index (κ3) is 4.41. The van der Waals surface area contributed by atoms with Gasteiger partial charge in [-0.05, 0) is 12.8 Å². The summed E-state index contributed by atoms with van der Waals surface area (Å²) < 4.78 is -1.33. The van der Waals surface area contributed by atoms with Gasteiger partial charge < -0.3 is 5.11 Å². The molecular formula is C13H21BrO3. The first-order valence-electron chi connectivity index (χ1n) is 6.53. The third-order valence-corrected chi connectivity index (χ3v) is 4.63. The third-order valence-electron chi connectivity index (χ3n) is 3.46. The maximum absolute atomic E-state index is 12.0. The second-order valence-electron chi connectivity index (χ2n) is 4.86. The highest BCUT2D eigenvalue weighted by molar-refractivity contribution is 9.10. The van der Waals surface area contributed by atoms with Crippen LogP contribution in [0.4, 0.5) is 0 Å². The molecule has 4 heteroatoms. The Kier molecular flexibility index (Phi) is 6.17. The number of carbonyl (C=O) groups is 2. The van der Waals surface area contributed by atoms with Gasteiger partial charge in [-0.2, -0.15) is 0 Å². The van der Waals surface area contributed by atoms with Crippen LogP contribution in [0.1, 0.15) is 64.2 Å². The molecular weight excluding hydrogens is 284 g/mol. The standard InChI is InChI=1S/C13H21BrO3/c14-13(12(16)17)10-8-6-4-2-1-3-5-7-9-11(13)15/h1-10H2,(H,16,17). The predicted octanol–water partition coefficient (Wildman–Crippen LogP) is 3.69. The van der Waals surface area contributed by atoms with E-state index in [1.165, 1.54) is 12.8 Å². The maximum atomic E-state index is 12.0. The largest absolute Gasteiger partial charge is 0.480 e. The number of carboxylic acids is 1. The molecule has 0 bridgehead atoms. The minimum atomic E-state index is -1.33. The summed E-state index contributed by atoms with van der Waals surface area (Å²) in [5.74, 6) is -1.19. The molecule has 1 saturated carbocycles. The van der Waals surface area contributed by atoms with Crippen molar-refractivity contribution in [2.75, 3.05) is 0 Å². The Morgan fingerprint density at radius 1 is 1.00 bits per heavy atom. The fraction of sp³-hybridized carbons (Fsp3) is 0.846. The normalized spacial score (nSPS) is 29.1. The van der Waals surface area contributed by atoms with E-state index in [0.717, 1.165) is 38.5 Å². The van der Waals surface area contributed by atoms with Crippen LogP contribution in [0.3, 0.4) is 0 Å². The number of alkyl halides is 1. The van der Waals surface area contributed by atoms with Crippen LogP contribution >= 0.6 is 15.9 Å². The lowest BCUT2D eigenvalue weighted by Crippen LogP contribution is -2.40. The van der Waals surface area contributed by atoms with Gasteiger partial charge in [-0.15, -0.1) is 0 Å². The Morgan fingerprint density at radius 3 is 2.00 bits per heavy atom. The van der Waals surface area contributed by atoms with Crippen molar-refractivity contribution in [1.82, 2.24) is 0 Å². The monoisotopic (exact) mass is 304 g/mol. The number of carboxylic acid groups (broad SMARTS) is 1. The van der Waals surface area contributed by atoms with E-state index in [1.807, 2.05) is 0 Å². The van der Waals surface area contributed by atoms with Gasteiger partial charge in [-0.1, -0.05) is 60.9 Å². The van der Waals surface area contributed by atoms with Gasteiger partial charge in [0.15, 0.2) is 10.1 Å². The van der Waals surface area contributed by atoms with E-state index < -0.39 is 10.3 Å². The van der Waals surface area contributed by atoms with Gasteiger partial charge in [0.1, 0.15) is 0 Å². The number of hydrogen-bond acceptors (Lipinski definition) is 2. The number of Topliss-reactive ketones (excluding diaryl/α,β-unsaturated/α-hetero) is 1. The molecule has 0 aromatic carbocycles. The predicted molar refractivity (Wildman–Crippen MR) is 70.5 cm³/mol. The molecule has 0 saturated heterocycles. The molecule has 1 aliphatic rings. The lowest BCUT2D eigenvalue weighted by Gasteiger charge is -2.21. The SMILES string of the molecule is O=C(O)C1(Br)CCCCCCCCCCC1=O. The summed E-state index contributed by atoms with van der Waals surface area (Å²) in [6, 6.07) is 0. The van der Waals surface area contributed by atoms with Crippen LogP contribution in [0.5, 0.6) is 0 Å². The van der Waals surface area contributed by atoms with Crippen LogP contribution < -0.4 is 0 Å². The van der Waals surface area contributed by atoms with Gasteiger partial charge >= 0.3 is 5.97 Å². The molecule has 0 aromatic heterocycles. The van der Waals surface area contributed by atoms with Gasteiger partial charge in [0.2, 0.25) is 0 Å². The lowest BCUT2D eigenvalue weighted by atomic mass is 9.91. The molecule has 1 atom stereocenters. The van der Waals surface area contributed by atoms with Gasteiger partial charge in [0, 0.05) is 6.42 Å². The van der Waals surface area contributed by atoms with E-state index in [4.69, 9.17) is 0 Å². The topological polar surface area (TPSA) is 54.4 Å². The first-order valence-corrected chi connectivity index (χ1v) is 7.32. The van der Waals surface area contributed by atoms with Crippen LogP contribution in [-0.2, 0) is 9.59 Å². The smallest absolute Gasteiger partial charge is 0.328 e. The molecule has 0 aliphatic heterocycles. The molecule has 3 nitrogen and oxygen atoms in total. The molecule has 1 fully saturated rings. The second kappa shape index (κ2) is 7.14. The summed E-state index contributed by atoms with van der Waals surface area (Å²) in [4.78, 5) is 23.2. The number of ketones is 1. The maximum Gasteiger partial charge on any atom is 0.328 e. The molecule has 1 aliphatic carbocycles. The highest BCUT2D eigenvalue weighted by Crippen LogP contribution is 2.30. The summed E-state index contributed by atoms with van der Waals surface area (Å²) in [7, 11) is 0. The first kappa shape index (κ1) is 14.7. The quantitative estimate of drug-likeness (QED) is 0.594. The van der Waals surface area contributed by atoms with Crippen molar-refractivity contribution in [3.8, 4) is 0 Å². The van der Waals surface area contributed by atoms with Crippen LogP contribution in [0.25, 0.3) is 0 Å². The van der Waals surface area contributed by atoms with E-state index >= 15 is 0 Å². The highest BCUT2D eigenvalue weighted by Gasteiger charge is 2.41. The molecule has 1 rings (SSSR count). The van der Waals surface area contributed by atoms with E-state index in [0.29, 0.717) is 12.8 Å². The van der Waals surface area contributed by atoms with Crippen molar-refractivity contribution in [1.29, 1.82) is 0 Å². The number of aliphatic carboxylic acids is 1.